The van der Waals surface area contributed by atoms with Gasteiger partial charge >= 0.3 is 0 Å². The maximum absolute atomic E-state index is 12.4. The van der Waals surface area contributed by atoms with Gasteiger partial charge in [-0.25, -0.2) is 9.97 Å². The molecule has 0 radical (unpaired) electrons. The number of benzene rings is 2. The molecule has 1 atom stereocenters. The maximum atomic E-state index is 12.4. The van der Waals surface area contributed by atoms with Gasteiger partial charge in [-0.15, -0.1) is 0 Å². The van der Waals surface area contributed by atoms with Crippen LogP contribution in [0.15, 0.2) is 47.5 Å². The Morgan fingerprint density at radius 2 is 1.93 bits per heavy atom. The summed E-state index contributed by atoms with van der Waals surface area (Å²) in [5, 5.41) is 15.2. The Balaban J connectivity index is 1.70. The summed E-state index contributed by atoms with van der Waals surface area (Å²) in [6.07, 6.45) is 0. The number of nitrogens with one attached hydrogen (secondary N) is 1. The highest BCUT2D eigenvalue weighted by Crippen LogP contribution is 2.25. The molecule has 0 aliphatic carbocycles. The number of nitriles is 1. The first kappa shape index (κ1) is 18.9. The van der Waals surface area contributed by atoms with Crippen LogP contribution in [0.3, 0.4) is 0 Å². The molecule has 27 heavy (non-hydrogen) atoms. The van der Waals surface area contributed by atoms with Gasteiger partial charge in [0.15, 0.2) is 0 Å². The number of amides is 1. The maximum Gasteiger partial charge on any atom is 0.230 e. The number of hydrogen-bond donors (Lipinski definition) is 1. The van der Waals surface area contributed by atoms with Crippen molar-refractivity contribution in [3.8, 4) is 6.07 Å². The van der Waals surface area contributed by atoms with E-state index in [-0.39, 0.29) is 17.7 Å². The lowest BCUT2D eigenvalue weighted by Gasteiger charge is -2.16. The fourth-order valence-corrected chi connectivity index (χ4v) is 3.92. The van der Waals surface area contributed by atoms with E-state index in [9.17, 15) is 10.1 Å². The molecule has 1 N–H and O–H groups in total. The minimum absolute atomic E-state index is 0.0988. The van der Waals surface area contributed by atoms with Gasteiger partial charge in [-0.3, -0.25) is 4.79 Å². The van der Waals surface area contributed by atoms with Gasteiger partial charge in [0, 0.05) is 0 Å². The topological polar surface area (TPSA) is 78.7 Å². The molecule has 0 aliphatic rings. The fourth-order valence-electron chi connectivity index (χ4n) is 3.04. The smallest absolute Gasteiger partial charge is 0.230 e. The monoisotopic (exact) mass is 376 g/mol. The molecule has 5 nitrogen and oxygen atoms in total. The van der Waals surface area contributed by atoms with Crippen LogP contribution in [-0.2, 0) is 4.79 Å². The molecule has 0 saturated carbocycles. The van der Waals surface area contributed by atoms with Gasteiger partial charge in [-0.2, -0.15) is 5.26 Å². The van der Waals surface area contributed by atoms with Crippen molar-refractivity contribution in [2.75, 3.05) is 5.75 Å². The predicted octanol–water partition coefficient (Wildman–Crippen LogP) is 4.09. The van der Waals surface area contributed by atoms with Crippen molar-refractivity contribution < 1.29 is 4.79 Å². The molecule has 1 unspecified atom stereocenters. The fraction of sp³-hybridized carbons (Fsp3) is 0.238. The van der Waals surface area contributed by atoms with Crippen molar-refractivity contribution in [2.24, 2.45) is 0 Å². The van der Waals surface area contributed by atoms with Crippen molar-refractivity contribution in [3.63, 3.8) is 0 Å². The van der Waals surface area contributed by atoms with E-state index in [1.54, 1.807) is 13.8 Å². The largest absolute Gasteiger partial charge is 0.349 e. The minimum atomic E-state index is -0.117. The molecule has 0 spiro atoms. The van der Waals surface area contributed by atoms with E-state index in [2.05, 4.69) is 39.6 Å². The molecular formula is C21H20N4OS. The normalized spacial score (nSPS) is 11.8. The summed E-state index contributed by atoms with van der Waals surface area (Å²) in [6, 6.07) is 16.2. The van der Waals surface area contributed by atoms with Gasteiger partial charge < -0.3 is 5.32 Å². The van der Waals surface area contributed by atoms with Crippen LogP contribution in [0.2, 0.25) is 0 Å². The van der Waals surface area contributed by atoms with E-state index in [0.717, 1.165) is 16.3 Å². The summed E-state index contributed by atoms with van der Waals surface area (Å²) in [4.78, 5) is 21.0. The third-order valence-corrected chi connectivity index (χ3v) is 5.26. The Morgan fingerprint density at radius 3 is 2.70 bits per heavy atom. The number of carbonyl (C=O) groups is 1. The van der Waals surface area contributed by atoms with E-state index in [0.29, 0.717) is 22.1 Å². The van der Waals surface area contributed by atoms with E-state index in [1.165, 1.54) is 11.8 Å². The van der Waals surface area contributed by atoms with Crippen LogP contribution < -0.4 is 5.32 Å². The number of carbonyl (C=O) groups excluding carboxylic acids is 1. The quantitative estimate of drug-likeness (QED) is 0.536. The number of hydrogen-bond acceptors (Lipinski definition) is 5. The van der Waals surface area contributed by atoms with Crippen molar-refractivity contribution in [1.29, 1.82) is 5.26 Å². The summed E-state index contributed by atoms with van der Waals surface area (Å²) < 4.78 is 0. The van der Waals surface area contributed by atoms with Crippen LogP contribution in [0.5, 0.6) is 0 Å². The first-order valence-corrected chi connectivity index (χ1v) is 9.63. The van der Waals surface area contributed by atoms with E-state index in [1.807, 2.05) is 31.2 Å². The first-order valence-electron chi connectivity index (χ1n) is 8.64. The molecule has 6 heteroatoms. The SMILES string of the molecule is Cc1nc(C)c(C#N)c(SCC(=O)NC(C)c2cccc3ccccc23)n1. The average molecular weight is 376 g/mol. The first-order chi connectivity index (χ1) is 13.0. The molecule has 1 aromatic heterocycles. The van der Waals surface area contributed by atoms with Crippen molar-refractivity contribution >= 4 is 28.4 Å². The summed E-state index contributed by atoms with van der Waals surface area (Å²) >= 11 is 1.26. The lowest BCUT2D eigenvalue weighted by atomic mass is 10.00. The van der Waals surface area contributed by atoms with Crippen molar-refractivity contribution in [3.05, 3.63) is 65.1 Å². The number of aryl methyl sites for hydroxylation is 2. The molecule has 0 bridgehead atoms. The van der Waals surface area contributed by atoms with Crippen LogP contribution in [0.25, 0.3) is 10.8 Å². The van der Waals surface area contributed by atoms with Crippen molar-refractivity contribution in [2.45, 2.75) is 31.8 Å². The summed E-state index contributed by atoms with van der Waals surface area (Å²) in [7, 11) is 0. The van der Waals surface area contributed by atoms with Crippen LogP contribution in [0, 0.1) is 25.2 Å². The second kappa shape index (κ2) is 8.19. The summed E-state index contributed by atoms with van der Waals surface area (Å²) in [5.74, 6) is 0.691. The lowest BCUT2D eigenvalue weighted by molar-refractivity contribution is -0.119. The highest BCUT2D eigenvalue weighted by Gasteiger charge is 2.15. The molecular weight excluding hydrogens is 356 g/mol. The highest BCUT2D eigenvalue weighted by molar-refractivity contribution is 8.00. The van der Waals surface area contributed by atoms with Gasteiger partial charge in [0.2, 0.25) is 5.91 Å². The molecule has 0 saturated heterocycles. The Bertz CT molecular complexity index is 1040. The van der Waals surface area contributed by atoms with E-state index >= 15 is 0 Å². The van der Waals surface area contributed by atoms with E-state index in [4.69, 9.17) is 0 Å². The van der Waals surface area contributed by atoms with Gasteiger partial charge in [-0.05, 0) is 37.1 Å². The molecule has 3 rings (SSSR count). The lowest BCUT2D eigenvalue weighted by Crippen LogP contribution is -2.28. The molecule has 2 aromatic carbocycles. The van der Waals surface area contributed by atoms with Crippen LogP contribution >= 0.6 is 11.8 Å². The average Bonchev–Trinajstić information content (AvgIpc) is 2.65. The van der Waals surface area contributed by atoms with Crippen molar-refractivity contribution in [1.82, 2.24) is 15.3 Å². The third kappa shape index (κ3) is 4.26. The predicted molar refractivity (Wildman–Crippen MR) is 107 cm³/mol. The third-order valence-electron chi connectivity index (χ3n) is 4.29. The summed E-state index contributed by atoms with van der Waals surface area (Å²) in [6.45, 7) is 5.53. The zero-order valence-corrected chi connectivity index (χ0v) is 16.3. The molecule has 136 valence electrons. The van der Waals surface area contributed by atoms with Gasteiger partial charge in [-0.1, -0.05) is 54.2 Å². The number of aromatic nitrogens is 2. The number of rotatable bonds is 5. The molecule has 0 fully saturated rings. The van der Waals surface area contributed by atoms with Gasteiger partial charge in [0.25, 0.3) is 0 Å². The molecule has 0 aliphatic heterocycles. The Hall–Kier alpha value is -2.91. The number of nitrogens with zero attached hydrogens (tertiary/aromatic N) is 3. The summed E-state index contributed by atoms with van der Waals surface area (Å²) in [5.41, 5.74) is 2.15. The standard InChI is InChI=1S/C21H20N4OS/c1-13(17-10-6-8-16-7-4-5-9-18(16)17)24-20(26)12-27-21-19(11-22)14(2)23-15(3)25-21/h4-10,13H,12H2,1-3H3,(H,24,26). The van der Waals surface area contributed by atoms with Crippen LogP contribution in [0.4, 0.5) is 0 Å². The Labute approximate surface area is 162 Å². The molecule has 1 heterocycles. The van der Waals surface area contributed by atoms with Crippen LogP contribution in [-0.4, -0.2) is 21.6 Å². The Kier molecular flexibility index (Phi) is 5.72. The van der Waals surface area contributed by atoms with Gasteiger partial charge in [0.05, 0.1) is 17.5 Å². The Morgan fingerprint density at radius 1 is 1.19 bits per heavy atom. The van der Waals surface area contributed by atoms with Gasteiger partial charge in [0.1, 0.15) is 22.5 Å². The zero-order chi connectivity index (χ0) is 19.4. The second-order valence-corrected chi connectivity index (χ2v) is 7.26. The minimum Gasteiger partial charge on any atom is -0.349 e. The second-order valence-electron chi connectivity index (χ2n) is 6.29. The number of thioether (sulfide) groups is 1. The highest BCUT2D eigenvalue weighted by atomic mass is 32.2. The zero-order valence-electron chi connectivity index (χ0n) is 15.5. The molecule has 1 amide bonds. The number of fused-ring (bicyclic) bond motifs is 1. The van der Waals surface area contributed by atoms with Crippen LogP contribution in [0.1, 0.15) is 35.6 Å². The molecule has 3 aromatic rings. The van der Waals surface area contributed by atoms with E-state index < -0.39 is 0 Å².